The molecular formula is C8H12ClNO. The van der Waals surface area contributed by atoms with E-state index >= 15 is 0 Å². The average Bonchev–Trinajstić information content (AvgIpc) is 1.97. The van der Waals surface area contributed by atoms with Crippen molar-refractivity contribution in [2.45, 2.75) is 6.92 Å². The lowest BCUT2D eigenvalue weighted by molar-refractivity contribution is 0.318. The van der Waals surface area contributed by atoms with Gasteiger partial charge in [0, 0.05) is 6.61 Å². The molecule has 1 aromatic carbocycles. The Morgan fingerprint density at radius 3 is 2.18 bits per heavy atom. The highest BCUT2D eigenvalue weighted by Gasteiger charge is 1.87. The predicted molar refractivity (Wildman–Crippen MR) is 48.6 cm³/mol. The second kappa shape index (κ2) is 6.01. The van der Waals surface area contributed by atoms with Crippen LogP contribution in [0.2, 0.25) is 5.02 Å². The molecule has 2 nitrogen and oxygen atoms in total. The van der Waals surface area contributed by atoms with Gasteiger partial charge in [-0.25, -0.2) is 0 Å². The van der Waals surface area contributed by atoms with E-state index in [1.165, 1.54) is 0 Å². The molecule has 62 valence electrons. The van der Waals surface area contributed by atoms with E-state index in [1.807, 2.05) is 12.1 Å². The molecule has 0 spiro atoms. The van der Waals surface area contributed by atoms with E-state index in [0.717, 1.165) is 0 Å². The molecule has 3 heteroatoms. The van der Waals surface area contributed by atoms with Crippen molar-refractivity contribution in [2.75, 3.05) is 12.3 Å². The number of aliphatic hydroxyl groups excluding tert-OH is 1. The zero-order chi connectivity index (χ0) is 8.69. The number of hydrogen-bond donors (Lipinski definition) is 2. The monoisotopic (exact) mass is 173 g/mol. The molecule has 0 fully saturated rings. The first-order valence-electron chi connectivity index (χ1n) is 3.33. The van der Waals surface area contributed by atoms with Crippen molar-refractivity contribution in [2.24, 2.45) is 0 Å². The van der Waals surface area contributed by atoms with Gasteiger partial charge in [0.15, 0.2) is 0 Å². The SMILES string of the molecule is CCO.Nc1ccccc1Cl. The van der Waals surface area contributed by atoms with Crippen molar-refractivity contribution in [3.05, 3.63) is 29.3 Å². The Balaban J connectivity index is 0.000000292. The smallest absolute Gasteiger partial charge is 0.0635 e. The Labute approximate surface area is 71.6 Å². The third kappa shape index (κ3) is 4.65. The molecule has 0 atom stereocenters. The number of benzene rings is 1. The van der Waals surface area contributed by atoms with Gasteiger partial charge in [0.2, 0.25) is 0 Å². The van der Waals surface area contributed by atoms with Gasteiger partial charge in [-0.05, 0) is 19.1 Å². The lowest BCUT2D eigenvalue weighted by Crippen LogP contribution is -1.82. The highest BCUT2D eigenvalue weighted by molar-refractivity contribution is 6.33. The fourth-order valence-electron chi connectivity index (χ4n) is 0.475. The lowest BCUT2D eigenvalue weighted by atomic mass is 10.3. The van der Waals surface area contributed by atoms with Crippen molar-refractivity contribution >= 4 is 17.3 Å². The summed E-state index contributed by atoms with van der Waals surface area (Å²) in [6.07, 6.45) is 0. The quantitative estimate of drug-likeness (QED) is 0.589. The summed E-state index contributed by atoms with van der Waals surface area (Å²) in [5.74, 6) is 0. The van der Waals surface area contributed by atoms with E-state index in [0.29, 0.717) is 10.7 Å². The topological polar surface area (TPSA) is 46.2 Å². The molecule has 0 saturated heterocycles. The summed E-state index contributed by atoms with van der Waals surface area (Å²) in [5.41, 5.74) is 6.02. The summed E-state index contributed by atoms with van der Waals surface area (Å²) in [7, 11) is 0. The molecule has 0 amide bonds. The Morgan fingerprint density at radius 2 is 1.91 bits per heavy atom. The van der Waals surface area contributed by atoms with E-state index in [1.54, 1.807) is 19.1 Å². The van der Waals surface area contributed by atoms with Crippen LogP contribution >= 0.6 is 11.6 Å². The van der Waals surface area contributed by atoms with Crippen LogP contribution < -0.4 is 5.73 Å². The van der Waals surface area contributed by atoms with Gasteiger partial charge in [-0.1, -0.05) is 23.7 Å². The number of hydrogen-bond acceptors (Lipinski definition) is 2. The molecule has 0 bridgehead atoms. The van der Waals surface area contributed by atoms with Crippen molar-refractivity contribution in [3.8, 4) is 0 Å². The van der Waals surface area contributed by atoms with Gasteiger partial charge in [-0.2, -0.15) is 0 Å². The minimum Gasteiger partial charge on any atom is -0.398 e. The van der Waals surface area contributed by atoms with Crippen molar-refractivity contribution in [1.82, 2.24) is 0 Å². The summed E-state index contributed by atoms with van der Waals surface area (Å²) >= 11 is 5.58. The Bertz CT molecular complexity index is 182. The molecule has 0 radical (unpaired) electrons. The van der Waals surface area contributed by atoms with E-state index in [-0.39, 0.29) is 6.61 Å². The summed E-state index contributed by atoms with van der Waals surface area (Å²) in [4.78, 5) is 0. The summed E-state index contributed by atoms with van der Waals surface area (Å²) in [6, 6.07) is 7.22. The van der Waals surface area contributed by atoms with Crippen molar-refractivity contribution in [1.29, 1.82) is 0 Å². The van der Waals surface area contributed by atoms with Crippen LogP contribution in [-0.4, -0.2) is 11.7 Å². The number of nitrogen functional groups attached to an aromatic ring is 1. The van der Waals surface area contributed by atoms with Crippen LogP contribution in [0.1, 0.15) is 6.92 Å². The van der Waals surface area contributed by atoms with Crippen LogP contribution in [0.4, 0.5) is 5.69 Å². The highest BCUT2D eigenvalue weighted by Crippen LogP contribution is 2.15. The van der Waals surface area contributed by atoms with Crippen LogP contribution in [-0.2, 0) is 0 Å². The van der Waals surface area contributed by atoms with Gasteiger partial charge >= 0.3 is 0 Å². The average molecular weight is 174 g/mol. The van der Waals surface area contributed by atoms with E-state index in [2.05, 4.69) is 0 Å². The number of halogens is 1. The van der Waals surface area contributed by atoms with Crippen LogP contribution in [0.5, 0.6) is 0 Å². The molecule has 0 heterocycles. The Kier molecular flexibility index (Phi) is 5.61. The zero-order valence-electron chi connectivity index (χ0n) is 6.42. The molecular weight excluding hydrogens is 162 g/mol. The highest BCUT2D eigenvalue weighted by atomic mass is 35.5. The largest absolute Gasteiger partial charge is 0.398 e. The van der Waals surface area contributed by atoms with Crippen molar-refractivity contribution in [3.63, 3.8) is 0 Å². The first-order valence-corrected chi connectivity index (χ1v) is 3.71. The van der Waals surface area contributed by atoms with E-state index < -0.39 is 0 Å². The maximum atomic E-state index is 7.57. The van der Waals surface area contributed by atoms with Gasteiger partial charge in [-0.15, -0.1) is 0 Å². The van der Waals surface area contributed by atoms with E-state index in [4.69, 9.17) is 22.4 Å². The summed E-state index contributed by atoms with van der Waals surface area (Å²) in [6.45, 7) is 1.93. The van der Waals surface area contributed by atoms with Gasteiger partial charge in [0.05, 0.1) is 10.7 Å². The molecule has 11 heavy (non-hydrogen) atoms. The van der Waals surface area contributed by atoms with Crippen LogP contribution in [0.25, 0.3) is 0 Å². The molecule has 0 unspecified atom stereocenters. The number of rotatable bonds is 0. The summed E-state index contributed by atoms with van der Waals surface area (Å²) < 4.78 is 0. The molecule has 0 aromatic heterocycles. The minimum atomic E-state index is 0.250. The van der Waals surface area contributed by atoms with Gasteiger partial charge in [0.1, 0.15) is 0 Å². The molecule has 0 aliphatic rings. The van der Waals surface area contributed by atoms with Crippen molar-refractivity contribution < 1.29 is 5.11 Å². The Hall–Kier alpha value is -0.730. The zero-order valence-corrected chi connectivity index (χ0v) is 7.17. The normalized spacial score (nSPS) is 8.27. The van der Waals surface area contributed by atoms with Gasteiger partial charge in [0.25, 0.3) is 0 Å². The van der Waals surface area contributed by atoms with E-state index in [9.17, 15) is 0 Å². The fraction of sp³-hybridized carbons (Fsp3) is 0.250. The maximum absolute atomic E-state index is 7.57. The second-order valence-electron chi connectivity index (χ2n) is 1.84. The molecule has 1 aromatic rings. The first-order chi connectivity index (χ1) is 5.22. The van der Waals surface area contributed by atoms with Gasteiger partial charge in [-0.3, -0.25) is 0 Å². The molecule has 0 aliphatic heterocycles. The fourth-order valence-corrected chi connectivity index (χ4v) is 0.611. The second-order valence-corrected chi connectivity index (χ2v) is 2.24. The van der Waals surface area contributed by atoms with Crippen LogP contribution in [0, 0.1) is 0 Å². The number of nitrogens with two attached hydrogens (primary N) is 1. The lowest BCUT2D eigenvalue weighted by Gasteiger charge is -1.91. The Morgan fingerprint density at radius 1 is 1.45 bits per heavy atom. The van der Waals surface area contributed by atoms with Gasteiger partial charge < -0.3 is 10.8 Å². The van der Waals surface area contributed by atoms with Crippen LogP contribution in [0.3, 0.4) is 0 Å². The molecule has 3 N–H and O–H groups in total. The molecule has 0 saturated carbocycles. The van der Waals surface area contributed by atoms with Crippen LogP contribution in [0.15, 0.2) is 24.3 Å². The molecule has 0 aliphatic carbocycles. The minimum absolute atomic E-state index is 0.250. The number of para-hydroxylation sites is 1. The third-order valence-corrected chi connectivity index (χ3v) is 1.25. The third-order valence-electron chi connectivity index (χ3n) is 0.905. The number of aliphatic hydroxyl groups is 1. The standard InChI is InChI=1S/C6H6ClN.C2H6O/c7-5-3-1-2-4-6(5)8;1-2-3/h1-4H,8H2;3H,2H2,1H3. The molecule has 1 rings (SSSR count). The summed E-state index contributed by atoms with van der Waals surface area (Å²) in [5, 5.41) is 8.19. The maximum Gasteiger partial charge on any atom is 0.0635 e. The first kappa shape index (κ1) is 10.3. The predicted octanol–water partition coefficient (Wildman–Crippen LogP) is 1.92. The number of anilines is 1.